The lowest BCUT2D eigenvalue weighted by Crippen LogP contribution is -2.38. The Morgan fingerprint density at radius 2 is 2.10 bits per heavy atom. The summed E-state index contributed by atoms with van der Waals surface area (Å²) in [6.07, 6.45) is 4.32. The van der Waals surface area contributed by atoms with Crippen LogP contribution in [0.25, 0.3) is 0 Å². The lowest BCUT2D eigenvalue weighted by atomic mass is 9.89. The van der Waals surface area contributed by atoms with Crippen molar-refractivity contribution in [2.24, 2.45) is 5.41 Å². The minimum absolute atomic E-state index is 0.0103. The van der Waals surface area contributed by atoms with Gasteiger partial charge in [0.25, 0.3) is 0 Å². The Kier molecular flexibility index (Phi) is 3.45. The Balaban J connectivity index is 1.70. The van der Waals surface area contributed by atoms with E-state index in [0.717, 1.165) is 37.1 Å². The molecule has 3 rings (SSSR count). The fraction of sp³-hybridized carbons (Fsp3) is 0.588. The minimum Gasteiger partial charge on any atom is -0.385 e. The van der Waals surface area contributed by atoms with Gasteiger partial charge in [-0.3, -0.25) is 4.79 Å². The van der Waals surface area contributed by atoms with Crippen LogP contribution in [0, 0.1) is 5.41 Å². The number of carbonyl (C=O) groups is 1. The molecule has 1 aromatic rings. The molecular weight excluding hydrogens is 248 g/mol. The third kappa shape index (κ3) is 2.67. The molecule has 3 nitrogen and oxygen atoms in total. The second kappa shape index (κ2) is 5.12. The zero-order valence-electron chi connectivity index (χ0n) is 12.4. The first-order valence-electron chi connectivity index (χ1n) is 7.68. The summed E-state index contributed by atoms with van der Waals surface area (Å²) in [6, 6.07) is 8.54. The Morgan fingerprint density at radius 1 is 1.30 bits per heavy atom. The van der Waals surface area contributed by atoms with E-state index in [1.54, 1.807) is 0 Å². The lowest BCUT2D eigenvalue weighted by molar-refractivity contribution is -0.123. The molecule has 2 atom stereocenters. The summed E-state index contributed by atoms with van der Waals surface area (Å²) < 4.78 is 0. The molecule has 0 radical (unpaired) electrons. The molecule has 1 aliphatic heterocycles. The summed E-state index contributed by atoms with van der Waals surface area (Å²) in [6.45, 7) is 5.46. The molecule has 1 heterocycles. The molecule has 0 spiro atoms. The highest BCUT2D eigenvalue weighted by Gasteiger charge is 2.34. The van der Waals surface area contributed by atoms with Crippen molar-refractivity contribution in [1.82, 2.24) is 5.32 Å². The quantitative estimate of drug-likeness (QED) is 0.867. The number of benzene rings is 1. The molecule has 20 heavy (non-hydrogen) atoms. The number of nitrogens with one attached hydrogen (secondary N) is 2. The topological polar surface area (TPSA) is 41.1 Å². The van der Waals surface area contributed by atoms with Gasteiger partial charge in [0.05, 0.1) is 5.92 Å². The van der Waals surface area contributed by atoms with Crippen LogP contribution < -0.4 is 10.6 Å². The van der Waals surface area contributed by atoms with Crippen LogP contribution in [0.4, 0.5) is 5.69 Å². The SMILES string of the molecule is CC1(C)CCC(NC(=O)C2CCNc3ccccc32)C1. The highest BCUT2D eigenvalue weighted by atomic mass is 16.1. The van der Waals surface area contributed by atoms with Gasteiger partial charge in [0, 0.05) is 18.3 Å². The third-order valence-electron chi connectivity index (χ3n) is 4.72. The van der Waals surface area contributed by atoms with Gasteiger partial charge in [0.2, 0.25) is 5.91 Å². The van der Waals surface area contributed by atoms with Crippen LogP contribution in [-0.4, -0.2) is 18.5 Å². The van der Waals surface area contributed by atoms with E-state index in [-0.39, 0.29) is 11.8 Å². The van der Waals surface area contributed by atoms with E-state index in [2.05, 4.69) is 36.6 Å². The number of carbonyl (C=O) groups excluding carboxylic acids is 1. The predicted octanol–water partition coefficient (Wildman–Crippen LogP) is 3.28. The van der Waals surface area contributed by atoms with E-state index in [1.807, 2.05) is 12.1 Å². The standard InChI is InChI=1S/C17H24N2O/c1-17(2)9-7-12(11-17)19-16(20)14-8-10-18-15-6-4-3-5-13(14)15/h3-6,12,14,18H,7-11H2,1-2H3,(H,19,20). The van der Waals surface area contributed by atoms with Crippen molar-refractivity contribution >= 4 is 11.6 Å². The zero-order chi connectivity index (χ0) is 14.2. The van der Waals surface area contributed by atoms with Gasteiger partial charge in [-0.2, -0.15) is 0 Å². The van der Waals surface area contributed by atoms with E-state index in [4.69, 9.17) is 0 Å². The second-order valence-corrected chi connectivity index (χ2v) is 6.97. The monoisotopic (exact) mass is 272 g/mol. The number of hydrogen-bond acceptors (Lipinski definition) is 2. The average Bonchev–Trinajstić information content (AvgIpc) is 2.77. The Labute approximate surface area is 121 Å². The van der Waals surface area contributed by atoms with Crippen molar-refractivity contribution in [2.45, 2.75) is 51.5 Å². The van der Waals surface area contributed by atoms with Gasteiger partial charge in [-0.25, -0.2) is 0 Å². The molecule has 2 unspecified atom stereocenters. The molecule has 2 aliphatic rings. The number of hydrogen-bond donors (Lipinski definition) is 2. The first-order chi connectivity index (χ1) is 9.55. The minimum atomic E-state index is 0.0103. The van der Waals surface area contributed by atoms with E-state index >= 15 is 0 Å². The first-order valence-corrected chi connectivity index (χ1v) is 7.68. The summed E-state index contributed by atoms with van der Waals surface area (Å²) >= 11 is 0. The molecular formula is C17H24N2O. The normalized spacial score (nSPS) is 27.5. The highest BCUT2D eigenvalue weighted by molar-refractivity contribution is 5.86. The van der Waals surface area contributed by atoms with Gasteiger partial charge in [0.1, 0.15) is 0 Å². The smallest absolute Gasteiger partial charge is 0.227 e. The van der Waals surface area contributed by atoms with Crippen molar-refractivity contribution in [1.29, 1.82) is 0 Å². The van der Waals surface area contributed by atoms with Gasteiger partial charge in [-0.1, -0.05) is 32.0 Å². The lowest BCUT2D eigenvalue weighted by Gasteiger charge is -2.27. The van der Waals surface area contributed by atoms with Gasteiger partial charge in [-0.05, 0) is 42.7 Å². The van der Waals surface area contributed by atoms with E-state index < -0.39 is 0 Å². The van der Waals surface area contributed by atoms with E-state index in [0.29, 0.717) is 11.5 Å². The number of anilines is 1. The maximum absolute atomic E-state index is 12.6. The number of rotatable bonds is 2. The van der Waals surface area contributed by atoms with Crippen molar-refractivity contribution in [3.05, 3.63) is 29.8 Å². The van der Waals surface area contributed by atoms with Gasteiger partial charge in [-0.15, -0.1) is 0 Å². The second-order valence-electron chi connectivity index (χ2n) is 6.97. The van der Waals surface area contributed by atoms with Crippen LogP contribution in [0.15, 0.2) is 24.3 Å². The van der Waals surface area contributed by atoms with Crippen LogP contribution >= 0.6 is 0 Å². The fourth-order valence-electron chi connectivity index (χ4n) is 3.60. The summed E-state index contributed by atoms with van der Waals surface area (Å²) in [5.41, 5.74) is 2.64. The molecule has 3 heteroatoms. The van der Waals surface area contributed by atoms with Crippen LogP contribution in [-0.2, 0) is 4.79 Å². The summed E-state index contributed by atoms with van der Waals surface area (Å²) in [5, 5.41) is 6.65. The van der Waals surface area contributed by atoms with Crippen LogP contribution in [0.3, 0.4) is 0 Å². The number of amides is 1. The van der Waals surface area contributed by atoms with Crippen LogP contribution in [0.5, 0.6) is 0 Å². The highest BCUT2D eigenvalue weighted by Crippen LogP contribution is 2.38. The molecule has 1 amide bonds. The first kappa shape index (κ1) is 13.5. The van der Waals surface area contributed by atoms with Gasteiger partial charge >= 0.3 is 0 Å². The predicted molar refractivity (Wildman–Crippen MR) is 81.9 cm³/mol. The summed E-state index contributed by atoms with van der Waals surface area (Å²) in [7, 11) is 0. The van der Waals surface area contributed by atoms with Crippen LogP contribution in [0.1, 0.15) is 51.0 Å². The Hall–Kier alpha value is -1.51. The summed E-state index contributed by atoms with van der Waals surface area (Å²) in [5.74, 6) is 0.220. The Morgan fingerprint density at radius 3 is 2.85 bits per heavy atom. The Bertz CT molecular complexity index is 509. The zero-order valence-corrected chi connectivity index (χ0v) is 12.4. The molecule has 1 saturated carbocycles. The van der Waals surface area contributed by atoms with E-state index in [1.165, 1.54) is 6.42 Å². The van der Waals surface area contributed by atoms with E-state index in [9.17, 15) is 4.79 Å². The maximum Gasteiger partial charge on any atom is 0.227 e. The van der Waals surface area contributed by atoms with Gasteiger partial charge in [0.15, 0.2) is 0 Å². The molecule has 2 N–H and O–H groups in total. The molecule has 1 fully saturated rings. The van der Waals surface area contributed by atoms with Gasteiger partial charge < -0.3 is 10.6 Å². The molecule has 1 aromatic carbocycles. The van der Waals surface area contributed by atoms with Crippen molar-refractivity contribution in [2.75, 3.05) is 11.9 Å². The third-order valence-corrected chi connectivity index (χ3v) is 4.72. The summed E-state index contributed by atoms with van der Waals surface area (Å²) in [4.78, 5) is 12.6. The maximum atomic E-state index is 12.6. The molecule has 108 valence electrons. The average molecular weight is 272 g/mol. The largest absolute Gasteiger partial charge is 0.385 e. The molecule has 0 bridgehead atoms. The fourth-order valence-corrected chi connectivity index (χ4v) is 3.60. The number of fused-ring (bicyclic) bond motifs is 1. The molecule has 0 aromatic heterocycles. The molecule has 0 saturated heterocycles. The molecule has 1 aliphatic carbocycles. The van der Waals surface area contributed by atoms with Crippen molar-refractivity contribution < 1.29 is 4.79 Å². The van der Waals surface area contributed by atoms with Crippen molar-refractivity contribution in [3.63, 3.8) is 0 Å². The van der Waals surface area contributed by atoms with Crippen molar-refractivity contribution in [3.8, 4) is 0 Å². The number of para-hydroxylation sites is 1. The van der Waals surface area contributed by atoms with Crippen LogP contribution in [0.2, 0.25) is 0 Å².